The van der Waals surface area contributed by atoms with Crippen molar-refractivity contribution < 1.29 is 9.53 Å². The number of methoxy groups -OCH3 is 1. The van der Waals surface area contributed by atoms with Crippen molar-refractivity contribution in [3.05, 3.63) is 83.9 Å². The predicted octanol–water partition coefficient (Wildman–Crippen LogP) is 5.42. The third-order valence-corrected chi connectivity index (χ3v) is 6.30. The van der Waals surface area contributed by atoms with Gasteiger partial charge in [0.25, 0.3) is 0 Å². The maximum absolute atomic E-state index is 12.1. The van der Waals surface area contributed by atoms with E-state index in [2.05, 4.69) is 70.1 Å². The monoisotopic (exact) mass is 398 g/mol. The third-order valence-electron chi connectivity index (χ3n) is 6.30. The Hall–Kier alpha value is -3.11. The largest absolute Gasteiger partial charge is 0.465 e. The Kier molecular flexibility index (Phi) is 5.01. The second-order valence-corrected chi connectivity index (χ2v) is 8.10. The number of para-hydroxylation sites is 1. The number of rotatable bonds is 4. The molecule has 0 amide bonds. The van der Waals surface area contributed by atoms with Crippen molar-refractivity contribution in [2.45, 2.75) is 25.4 Å². The Labute approximate surface area is 176 Å². The van der Waals surface area contributed by atoms with Crippen molar-refractivity contribution >= 4 is 27.8 Å². The smallest absolute Gasteiger partial charge is 0.337 e. The Bertz CT molecular complexity index is 1190. The molecule has 0 saturated carbocycles. The van der Waals surface area contributed by atoms with Crippen LogP contribution in [0.1, 0.15) is 34.8 Å². The van der Waals surface area contributed by atoms with Crippen LogP contribution in [0.25, 0.3) is 21.8 Å². The highest BCUT2D eigenvalue weighted by molar-refractivity contribution is 6.09. The second-order valence-electron chi connectivity index (χ2n) is 8.10. The van der Waals surface area contributed by atoms with Gasteiger partial charge >= 0.3 is 5.97 Å². The van der Waals surface area contributed by atoms with Crippen molar-refractivity contribution in [1.82, 2.24) is 9.47 Å². The van der Waals surface area contributed by atoms with Crippen LogP contribution in [0, 0.1) is 0 Å². The zero-order valence-corrected chi connectivity index (χ0v) is 17.3. The Morgan fingerprint density at radius 3 is 2.37 bits per heavy atom. The molecule has 3 aromatic carbocycles. The van der Waals surface area contributed by atoms with Gasteiger partial charge < -0.3 is 9.30 Å². The highest BCUT2D eigenvalue weighted by Crippen LogP contribution is 2.36. The van der Waals surface area contributed by atoms with Gasteiger partial charge in [0, 0.05) is 42.0 Å². The fourth-order valence-corrected chi connectivity index (χ4v) is 4.82. The molecule has 0 N–H and O–H groups in total. The molecule has 0 atom stereocenters. The molecule has 0 aliphatic carbocycles. The lowest BCUT2D eigenvalue weighted by atomic mass is 10.0. The molecule has 4 nitrogen and oxygen atoms in total. The first-order valence-corrected chi connectivity index (χ1v) is 10.6. The molecule has 0 radical (unpaired) electrons. The summed E-state index contributed by atoms with van der Waals surface area (Å²) in [4.78, 5) is 14.7. The van der Waals surface area contributed by atoms with Crippen LogP contribution in [-0.2, 0) is 11.3 Å². The molecule has 1 aliphatic rings. The van der Waals surface area contributed by atoms with Gasteiger partial charge in [0.1, 0.15) is 0 Å². The number of fused-ring (bicyclic) bond motifs is 3. The summed E-state index contributed by atoms with van der Waals surface area (Å²) in [7, 11) is 1.44. The lowest BCUT2D eigenvalue weighted by Gasteiger charge is -2.33. The van der Waals surface area contributed by atoms with E-state index in [0.29, 0.717) is 11.6 Å². The molecule has 0 spiro atoms. The minimum absolute atomic E-state index is 0.286. The minimum Gasteiger partial charge on any atom is -0.465 e. The summed E-state index contributed by atoms with van der Waals surface area (Å²) in [5.41, 5.74) is 4.35. The van der Waals surface area contributed by atoms with E-state index < -0.39 is 0 Å². The van der Waals surface area contributed by atoms with E-state index >= 15 is 0 Å². The summed E-state index contributed by atoms with van der Waals surface area (Å²) < 4.78 is 7.42. The Morgan fingerprint density at radius 1 is 0.900 bits per heavy atom. The van der Waals surface area contributed by atoms with Gasteiger partial charge in [0.2, 0.25) is 0 Å². The van der Waals surface area contributed by atoms with E-state index in [1.165, 1.54) is 29.0 Å². The van der Waals surface area contributed by atoms with Gasteiger partial charge in [-0.1, -0.05) is 54.6 Å². The number of esters is 1. The van der Waals surface area contributed by atoms with Crippen LogP contribution in [0.5, 0.6) is 0 Å². The average Bonchev–Trinajstić information content (AvgIpc) is 3.13. The first-order valence-electron chi connectivity index (χ1n) is 10.6. The second kappa shape index (κ2) is 7.96. The minimum atomic E-state index is -0.286. The lowest BCUT2D eigenvalue weighted by Crippen LogP contribution is -2.34. The fourth-order valence-electron chi connectivity index (χ4n) is 4.82. The standard InChI is InChI=1S/C26H26N2O2/c1-30-26(29)20-11-12-23-22-9-5-6-10-24(22)28(25(23)17-20)21-13-15-27(16-14-21)18-19-7-3-2-4-8-19/h2-12,17,21H,13-16,18H2,1H3. The summed E-state index contributed by atoms with van der Waals surface area (Å²) >= 11 is 0. The van der Waals surface area contributed by atoms with E-state index in [4.69, 9.17) is 4.74 Å². The molecule has 4 heteroatoms. The van der Waals surface area contributed by atoms with E-state index in [-0.39, 0.29) is 5.97 Å². The number of aromatic nitrogens is 1. The molecule has 1 aromatic heterocycles. The number of ether oxygens (including phenoxy) is 1. The normalized spacial score (nSPS) is 15.6. The number of piperidine rings is 1. The summed E-state index contributed by atoms with van der Waals surface area (Å²) in [5.74, 6) is -0.286. The van der Waals surface area contributed by atoms with Crippen LogP contribution in [0.4, 0.5) is 0 Å². The molecule has 1 saturated heterocycles. The quantitative estimate of drug-likeness (QED) is 0.431. The van der Waals surface area contributed by atoms with Gasteiger partial charge in [0.05, 0.1) is 18.2 Å². The van der Waals surface area contributed by atoms with Crippen molar-refractivity contribution in [1.29, 1.82) is 0 Å². The van der Waals surface area contributed by atoms with Gasteiger partial charge in [0.15, 0.2) is 0 Å². The number of likely N-dealkylation sites (tertiary alicyclic amines) is 1. The molecule has 0 bridgehead atoms. The van der Waals surface area contributed by atoms with Crippen LogP contribution in [0.3, 0.4) is 0 Å². The van der Waals surface area contributed by atoms with Crippen molar-refractivity contribution in [3.63, 3.8) is 0 Å². The van der Waals surface area contributed by atoms with E-state index in [1.807, 2.05) is 12.1 Å². The summed E-state index contributed by atoms with van der Waals surface area (Å²) in [6.45, 7) is 3.15. The molecule has 2 heterocycles. The van der Waals surface area contributed by atoms with E-state index in [9.17, 15) is 4.79 Å². The number of carbonyl (C=O) groups excluding carboxylic acids is 1. The number of nitrogens with zero attached hydrogens (tertiary/aromatic N) is 2. The van der Waals surface area contributed by atoms with E-state index in [0.717, 1.165) is 38.0 Å². The van der Waals surface area contributed by atoms with Crippen molar-refractivity contribution in [2.75, 3.05) is 20.2 Å². The molecule has 152 valence electrons. The highest BCUT2D eigenvalue weighted by atomic mass is 16.5. The fraction of sp³-hybridized carbons (Fsp3) is 0.269. The van der Waals surface area contributed by atoms with Gasteiger partial charge in [-0.2, -0.15) is 0 Å². The van der Waals surface area contributed by atoms with Gasteiger partial charge in [-0.25, -0.2) is 4.79 Å². The first-order chi connectivity index (χ1) is 14.7. The first kappa shape index (κ1) is 18.9. The maximum atomic E-state index is 12.1. The zero-order chi connectivity index (χ0) is 20.5. The highest BCUT2D eigenvalue weighted by Gasteiger charge is 2.24. The molecule has 0 unspecified atom stereocenters. The van der Waals surface area contributed by atoms with Gasteiger partial charge in [-0.05, 0) is 36.6 Å². The van der Waals surface area contributed by atoms with Crippen LogP contribution in [0.15, 0.2) is 72.8 Å². The summed E-state index contributed by atoms with van der Waals surface area (Å²) in [6, 6.07) is 25.6. The van der Waals surface area contributed by atoms with Crippen LogP contribution < -0.4 is 0 Å². The van der Waals surface area contributed by atoms with Crippen LogP contribution >= 0.6 is 0 Å². The number of hydrogen-bond acceptors (Lipinski definition) is 3. The number of benzene rings is 3. The Morgan fingerprint density at radius 2 is 1.60 bits per heavy atom. The Balaban J connectivity index is 1.48. The molecule has 4 aromatic rings. The third kappa shape index (κ3) is 3.37. The average molecular weight is 399 g/mol. The van der Waals surface area contributed by atoms with E-state index in [1.54, 1.807) is 0 Å². The number of hydrogen-bond donors (Lipinski definition) is 0. The number of carbonyl (C=O) groups is 1. The lowest BCUT2D eigenvalue weighted by molar-refractivity contribution is 0.0601. The van der Waals surface area contributed by atoms with Gasteiger partial charge in [-0.3, -0.25) is 4.90 Å². The molecule has 1 aliphatic heterocycles. The maximum Gasteiger partial charge on any atom is 0.337 e. The van der Waals surface area contributed by atoms with Crippen molar-refractivity contribution in [3.8, 4) is 0 Å². The zero-order valence-electron chi connectivity index (χ0n) is 17.3. The molecule has 1 fully saturated rings. The van der Waals surface area contributed by atoms with Crippen LogP contribution in [0.2, 0.25) is 0 Å². The van der Waals surface area contributed by atoms with Crippen molar-refractivity contribution in [2.24, 2.45) is 0 Å². The molecular formula is C26H26N2O2. The molecular weight excluding hydrogens is 372 g/mol. The molecule has 5 rings (SSSR count). The summed E-state index contributed by atoms with van der Waals surface area (Å²) in [6.07, 6.45) is 2.20. The topological polar surface area (TPSA) is 34.5 Å². The predicted molar refractivity (Wildman–Crippen MR) is 121 cm³/mol. The summed E-state index contributed by atoms with van der Waals surface area (Å²) in [5, 5.41) is 2.44. The van der Waals surface area contributed by atoms with Crippen LogP contribution in [-0.4, -0.2) is 35.6 Å². The SMILES string of the molecule is COC(=O)c1ccc2c3ccccc3n(C3CCN(Cc4ccccc4)CC3)c2c1. The molecule has 30 heavy (non-hydrogen) atoms. The van der Waals surface area contributed by atoms with Gasteiger partial charge in [-0.15, -0.1) is 0 Å².